The maximum atomic E-state index is 13.0. The molecule has 1 amide bonds. The van der Waals surface area contributed by atoms with Crippen molar-refractivity contribution in [2.24, 2.45) is 0 Å². The highest BCUT2D eigenvalue weighted by molar-refractivity contribution is 6.15. The van der Waals surface area contributed by atoms with E-state index < -0.39 is 6.10 Å². The van der Waals surface area contributed by atoms with Crippen LogP contribution in [0.1, 0.15) is 44.6 Å². The quantitative estimate of drug-likeness (QED) is 0.504. The fourth-order valence-electron chi connectivity index (χ4n) is 4.27. The number of nitrogens with zero attached hydrogens (tertiary/aromatic N) is 1. The van der Waals surface area contributed by atoms with Crippen LogP contribution >= 0.6 is 0 Å². The van der Waals surface area contributed by atoms with Crippen molar-refractivity contribution in [1.29, 1.82) is 5.26 Å². The molecule has 3 aromatic carbocycles. The lowest BCUT2D eigenvalue weighted by Crippen LogP contribution is -2.14. The molecule has 5 rings (SSSR count). The second kappa shape index (κ2) is 6.73. The summed E-state index contributed by atoms with van der Waals surface area (Å²) in [6, 6.07) is 16.5. The topological polar surface area (TPSA) is 73.1 Å². The van der Waals surface area contributed by atoms with Gasteiger partial charge in [-0.15, -0.1) is 0 Å². The van der Waals surface area contributed by atoms with Crippen LogP contribution in [0.15, 0.2) is 66.8 Å². The molecule has 2 N–H and O–H groups in total. The normalized spacial score (nSPS) is 17.0. The van der Waals surface area contributed by atoms with Gasteiger partial charge in [0, 0.05) is 17.2 Å². The Labute approximate surface area is 168 Å². The number of hydrogen-bond acceptors (Lipinski definition) is 3. The number of nitriles is 1. The SMILES string of the molecule is N#CC(O)c1ccc(NC(=O)c2ccc3c4c5c(ccc24)CC=CC5C=C3)cc1. The number of aliphatic hydroxyl groups excluding tert-OH is 1. The van der Waals surface area contributed by atoms with Gasteiger partial charge in [-0.2, -0.15) is 5.26 Å². The van der Waals surface area contributed by atoms with E-state index in [4.69, 9.17) is 5.26 Å². The number of hydrogen-bond donors (Lipinski definition) is 2. The van der Waals surface area contributed by atoms with Gasteiger partial charge in [-0.3, -0.25) is 4.79 Å². The average Bonchev–Trinajstić information content (AvgIpc) is 2.77. The molecule has 0 fully saturated rings. The van der Waals surface area contributed by atoms with Gasteiger partial charge >= 0.3 is 0 Å². The van der Waals surface area contributed by atoms with Crippen molar-refractivity contribution < 1.29 is 9.90 Å². The fraction of sp³-hybridized carbons (Fsp3) is 0.120. The molecule has 29 heavy (non-hydrogen) atoms. The Morgan fingerprint density at radius 1 is 1.10 bits per heavy atom. The predicted octanol–water partition coefficient (Wildman–Crippen LogP) is 4.87. The van der Waals surface area contributed by atoms with Gasteiger partial charge in [0.15, 0.2) is 6.10 Å². The van der Waals surface area contributed by atoms with Crippen LogP contribution in [-0.2, 0) is 6.42 Å². The number of benzene rings is 3. The Hall–Kier alpha value is -3.68. The summed E-state index contributed by atoms with van der Waals surface area (Å²) in [5.74, 6) is 0.0925. The van der Waals surface area contributed by atoms with Gasteiger partial charge in [-0.1, -0.05) is 54.6 Å². The molecule has 0 saturated carbocycles. The highest BCUT2D eigenvalue weighted by Crippen LogP contribution is 2.41. The Morgan fingerprint density at radius 3 is 2.72 bits per heavy atom. The largest absolute Gasteiger partial charge is 0.374 e. The number of rotatable bonds is 3. The number of amides is 1. The van der Waals surface area contributed by atoms with Crippen LogP contribution in [0.4, 0.5) is 5.69 Å². The van der Waals surface area contributed by atoms with Gasteiger partial charge in [0.1, 0.15) is 0 Å². The van der Waals surface area contributed by atoms with Gasteiger partial charge in [0.05, 0.1) is 6.07 Å². The van der Waals surface area contributed by atoms with Gasteiger partial charge in [0.25, 0.3) is 5.91 Å². The fourth-order valence-corrected chi connectivity index (χ4v) is 4.27. The highest BCUT2D eigenvalue weighted by atomic mass is 16.3. The summed E-state index contributed by atoms with van der Waals surface area (Å²) in [5, 5.41) is 23.4. The minimum atomic E-state index is -1.16. The van der Waals surface area contributed by atoms with Crippen LogP contribution in [0.25, 0.3) is 16.8 Å². The van der Waals surface area contributed by atoms with Gasteiger partial charge in [-0.25, -0.2) is 0 Å². The summed E-state index contributed by atoms with van der Waals surface area (Å²) < 4.78 is 0. The van der Waals surface area contributed by atoms with Crippen LogP contribution in [0.5, 0.6) is 0 Å². The first-order chi connectivity index (χ1) is 14.2. The third-order valence-corrected chi connectivity index (χ3v) is 5.69. The maximum Gasteiger partial charge on any atom is 0.256 e. The molecular formula is C25H18N2O2. The van der Waals surface area contributed by atoms with E-state index in [0.29, 0.717) is 16.8 Å². The molecule has 0 saturated heterocycles. The number of nitrogens with one attached hydrogen (secondary N) is 1. The molecule has 0 aliphatic heterocycles. The molecule has 2 unspecified atom stereocenters. The first-order valence-corrected chi connectivity index (χ1v) is 9.58. The van der Waals surface area contributed by atoms with Crippen LogP contribution < -0.4 is 5.32 Å². The van der Waals surface area contributed by atoms with E-state index in [-0.39, 0.29) is 11.8 Å². The van der Waals surface area contributed by atoms with Crippen LogP contribution in [0.2, 0.25) is 0 Å². The molecular weight excluding hydrogens is 360 g/mol. The number of carbonyl (C=O) groups is 1. The highest BCUT2D eigenvalue weighted by Gasteiger charge is 2.23. The molecule has 0 radical (unpaired) electrons. The second-order valence-electron chi connectivity index (χ2n) is 7.39. The molecule has 0 spiro atoms. The minimum Gasteiger partial charge on any atom is -0.374 e. The second-order valence-corrected chi connectivity index (χ2v) is 7.39. The van der Waals surface area contributed by atoms with E-state index in [2.05, 4.69) is 35.7 Å². The van der Waals surface area contributed by atoms with E-state index in [1.165, 1.54) is 16.5 Å². The van der Waals surface area contributed by atoms with E-state index >= 15 is 0 Å². The molecule has 4 nitrogen and oxygen atoms in total. The standard InChI is InChI=1S/C25H18N2O2/c26-14-22(28)15-6-10-19(11-7-15)27-25(29)21-13-9-18-5-4-16-2-1-3-17-8-12-20(21)24(18)23(16)17/h1-2,4-13,16,22,28H,3H2,(H,27,29). The lowest BCUT2D eigenvalue weighted by Gasteiger charge is -2.26. The lowest BCUT2D eigenvalue weighted by atomic mass is 9.78. The van der Waals surface area contributed by atoms with E-state index in [1.807, 2.05) is 18.2 Å². The molecule has 0 bridgehead atoms. The van der Waals surface area contributed by atoms with Crippen molar-refractivity contribution in [2.45, 2.75) is 18.4 Å². The Kier molecular flexibility index (Phi) is 4.04. The van der Waals surface area contributed by atoms with E-state index in [9.17, 15) is 9.90 Å². The molecule has 2 atom stereocenters. The zero-order chi connectivity index (χ0) is 20.0. The van der Waals surface area contributed by atoms with Crippen molar-refractivity contribution in [3.05, 3.63) is 94.6 Å². The number of aliphatic hydroxyl groups is 1. The minimum absolute atomic E-state index is 0.178. The van der Waals surface area contributed by atoms with Gasteiger partial charge in [0.2, 0.25) is 0 Å². The van der Waals surface area contributed by atoms with Crippen molar-refractivity contribution >= 4 is 28.4 Å². The number of anilines is 1. The maximum absolute atomic E-state index is 13.0. The Bertz CT molecular complexity index is 1250. The third kappa shape index (κ3) is 2.84. The molecule has 3 aromatic rings. The van der Waals surface area contributed by atoms with Gasteiger partial charge in [-0.05, 0) is 57.6 Å². The monoisotopic (exact) mass is 378 g/mol. The van der Waals surface area contributed by atoms with Crippen molar-refractivity contribution in [2.75, 3.05) is 5.32 Å². The number of carbonyl (C=O) groups excluding carboxylic acids is 1. The molecule has 4 heteroatoms. The first-order valence-electron chi connectivity index (χ1n) is 9.58. The summed E-state index contributed by atoms with van der Waals surface area (Å²) >= 11 is 0. The van der Waals surface area contributed by atoms with Gasteiger partial charge < -0.3 is 10.4 Å². The van der Waals surface area contributed by atoms with Crippen LogP contribution in [0, 0.1) is 11.3 Å². The lowest BCUT2D eigenvalue weighted by molar-refractivity contribution is 0.102. The Balaban J connectivity index is 1.53. The smallest absolute Gasteiger partial charge is 0.256 e. The van der Waals surface area contributed by atoms with Crippen molar-refractivity contribution in [3.63, 3.8) is 0 Å². The summed E-state index contributed by atoms with van der Waals surface area (Å²) in [5.41, 5.74) is 5.53. The first kappa shape index (κ1) is 17.4. The summed E-state index contributed by atoms with van der Waals surface area (Å²) in [6.45, 7) is 0. The molecule has 140 valence electrons. The average molecular weight is 378 g/mol. The molecule has 2 aliphatic carbocycles. The number of allylic oxidation sites excluding steroid dienone is 3. The zero-order valence-electron chi connectivity index (χ0n) is 15.6. The van der Waals surface area contributed by atoms with Crippen LogP contribution in [-0.4, -0.2) is 11.0 Å². The zero-order valence-corrected chi connectivity index (χ0v) is 15.6. The molecule has 0 aromatic heterocycles. The third-order valence-electron chi connectivity index (χ3n) is 5.69. The van der Waals surface area contributed by atoms with E-state index in [0.717, 1.165) is 17.4 Å². The van der Waals surface area contributed by atoms with E-state index in [1.54, 1.807) is 30.3 Å². The summed E-state index contributed by atoms with van der Waals surface area (Å²) in [6.07, 6.45) is 8.55. The molecule has 2 aliphatic rings. The Morgan fingerprint density at radius 2 is 1.93 bits per heavy atom. The predicted molar refractivity (Wildman–Crippen MR) is 114 cm³/mol. The molecule has 0 heterocycles. The van der Waals surface area contributed by atoms with Crippen molar-refractivity contribution in [1.82, 2.24) is 0 Å². The summed E-state index contributed by atoms with van der Waals surface area (Å²) in [7, 11) is 0. The van der Waals surface area contributed by atoms with Crippen LogP contribution in [0.3, 0.4) is 0 Å². The van der Waals surface area contributed by atoms with Crippen molar-refractivity contribution in [3.8, 4) is 6.07 Å². The summed E-state index contributed by atoms with van der Waals surface area (Å²) in [4.78, 5) is 13.0.